The number of nitrogens with one attached hydrogen (secondary N) is 1. The average molecular weight is 279 g/mol. The Kier molecular flexibility index (Phi) is 3.40. The van der Waals surface area contributed by atoms with Crippen LogP contribution in [0.1, 0.15) is 23.0 Å². The highest BCUT2D eigenvalue weighted by molar-refractivity contribution is 6.36. The van der Waals surface area contributed by atoms with Gasteiger partial charge in [0.25, 0.3) is 5.69 Å². The van der Waals surface area contributed by atoms with Gasteiger partial charge >= 0.3 is 0 Å². The largest absolute Gasteiger partial charge is 0.357 e. The van der Waals surface area contributed by atoms with E-state index in [1.165, 1.54) is 13.0 Å². The summed E-state index contributed by atoms with van der Waals surface area (Å²) in [5.74, 6) is -0.177. The van der Waals surface area contributed by atoms with Gasteiger partial charge in [0.1, 0.15) is 0 Å². The van der Waals surface area contributed by atoms with Gasteiger partial charge in [0.2, 0.25) is 0 Å². The molecule has 0 radical (unpaired) electrons. The van der Waals surface area contributed by atoms with Gasteiger partial charge < -0.3 is 4.98 Å². The van der Waals surface area contributed by atoms with Crippen molar-refractivity contribution in [2.24, 2.45) is 0 Å². The third-order valence-corrected chi connectivity index (χ3v) is 3.23. The zero-order chi connectivity index (χ0) is 14.2. The second kappa shape index (κ2) is 4.85. The van der Waals surface area contributed by atoms with Crippen LogP contribution in [0.15, 0.2) is 24.3 Å². The summed E-state index contributed by atoms with van der Waals surface area (Å²) in [5, 5.41) is 11.2. The van der Waals surface area contributed by atoms with Gasteiger partial charge in [0, 0.05) is 11.8 Å². The van der Waals surface area contributed by atoms with Crippen molar-refractivity contribution in [3.63, 3.8) is 0 Å². The van der Waals surface area contributed by atoms with E-state index in [1.807, 2.05) is 0 Å². The minimum Gasteiger partial charge on any atom is -0.357 e. The van der Waals surface area contributed by atoms with Crippen molar-refractivity contribution in [3.8, 4) is 11.3 Å². The van der Waals surface area contributed by atoms with Gasteiger partial charge in [-0.05, 0) is 19.9 Å². The number of nitrogens with zero attached hydrogens (tertiary/aromatic N) is 1. The molecule has 0 aliphatic carbocycles. The number of Topliss-reactive ketones (excluding diaryl/α,β-unsaturated/α-hetero) is 1. The molecule has 2 aromatic rings. The first-order chi connectivity index (χ1) is 8.93. The Hall–Kier alpha value is -2.14. The maximum absolute atomic E-state index is 11.5. The maximum Gasteiger partial charge on any atom is 0.278 e. The number of benzene rings is 1. The van der Waals surface area contributed by atoms with Crippen molar-refractivity contribution in [1.29, 1.82) is 0 Å². The molecule has 0 unspecified atom stereocenters. The van der Waals surface area contributed by atoms with Crippen LogP contribution < -0.4 is 0 Å². The minimum absolute atomic E-state index is 0.0549. The molecule has 0 amide bonds. The summed E-state index contributed by atoms with van der Waals surface area (Å²) in [5.41, 5.74) is 1.69. The first kappa shape index (κ1) is 13.3. The van der Waals surface area contributed by atoms with Crippen LogP contribution in [0.3, 0.4) is 0 Å². The van der Waals surface area contributed by atoms with Crippen molar-refractivity contribution in [1.82, 2.24) is 4.98 Å². The number of hydrogen-bond donors (Lipinski definition) is 1. The van der Waals surface area contributed by atoms with Gasteiger partial charge in [0.05, 0.1) is 26.8 Å². The van der Waals surface area contributed by atoms with Crippen LogP contribution in [0.4, 0.5) is 5.69 Å². The normalized spacial score (nSPS) is 10.5. The van der Waals surface area contributed by atoms with Gasteiger partial charge in [-0.3, -0.25) is 14.9 Å². The second-order valence-electron chi connectivity index (χ2n) is 4.14. The molecule has 1 aromatic heterocycles. The van der Waals surface area contributed by atoms with E-state index in [0.717, 1.165) is 0 Å². The number of aromatic nitrogens is 1. The molecule has 19 heavy (non-hydrogen) atoms. The molecule has 1 heterocycles. The molecule has 0 bridgehead atoms. The second-order valence-corrected chi connectivity index (χ2v) is 4.52. The van der Waals surface area contributed by atoms with Gasteiger partial charge in [-0.25, -0.2) is 0 Å². The van der Waals surface area contributed by atoms with E-state index in [9.17, 15) is 14.9 Å². The highest BCUT2D eigenvalue weighted by Gasteiger charge is 2.23. The lowest BCUT2D eigenvalue weighted by atomic mass is 10.1. The Morgan fingerprint density at radius 2 is 2.00 bits per heavy atom. The van der Waals surface area contributed by atoms with E-state index in [4.69, 9.17) is 11.6 Å². The van der Waals surface area contributed by atoms with Crippen molar-refractivity contribution in [3.05, 3.63) is 50.7 Å². The Bertz CT molecular complexity index is 677. The van der Waals surface area contributed by atoms with Crippen LogP contribution in [0.5, 0.6) is 0 Å². The molecule has 0 atom stereocenters. The number of rotatable bonds is 3. The number of H-pyrrole nitrogens is 1. The lowest BCUT2D eigenvalue weighted by molar-refractivity contribution is -0.384. The van der Waals surface area contributed by atoms with Gasteiger partial charge in [-0.2, -0.15) is 0 Å². The fourth-order valence-electron chi connectivity index (χ4n) is 2.04. The number of aromatic amines is 1. The molecule has 0 saturated carbocycles. The SMILES string of the molecule is CC(=O)c1c(C)[nH]c(-c2ccccc2[N+](=O)[O-])c1Cl. The molecule has 5 nitrogen and oxygen atoms in total. The molecule has 1 N–H and O–H groups in total. The number of carbonyl (C=O) groups excluding carboxylic acids is 1. The number of hydrogen-bond acceptors (Lipinski definition) is 3. The number of halogens is 1. The molecule has 98 valence electrons. The number of aryl methyl sites for hydroxylation is 1. The molecule has 1 aromatic carbocycles. The lowest BCUT2D eigenvalue weighted by Gasteiger charge is -2.01. The van der Waals surface area contributed by atoms with Crippen LogP contribution in [-0.4, -0.2) is 15.7 Å². The zero-order valence-corrected chi connectivity index (χ0v) is 11.1. The van der Waals surface area contributed by atoms with E-state index in [2.05, 4.69) is 4.98 Å². The predicted molar refractivity (Wildman–Crippen MR) is 72.6 cm³/mol. The molecule has 2 rings (SSSR count). The Balaban J connectivity index is 2.70. The number of para-hydroxylation sites is 1. The van der Waals surface area contributed by atoms with Crippen LogP contribution in [0.25, 0.3) is 11.3 Å². The van der Waals surface area contributed by atoms with Gasteiger partial charge in [-0.1, -0.05) is 23.7 Å². The fourth-order valence-corrected chi connectivity index (χ4v) is 2.47. The van der Waals surface area contributed by atoms with Crippen molar-refractivity contribution < 1.29 is 9.72 Å². The van der Waals surface area contributed by atoms with E-state index in [1.54, 1.807) is 25.1 Å². The van der Waals surface area contributed by atoms with Crippen molar-refractivity contribution in [2.75, 3.05) is 0 Å². The van der Waals surface area contributed by atoms with Crippen LogP contribution in [-0.2, 0) is 0 Å². The monoisotopic (exact) mass is 278 g/mol. The van der Waals surface area contributed by atoms with Crippen molar-refractivity contribution >= 4 is 23.1 Å². The van der Waals surface area contributed by atoms with Crippen molar-refractivity contribution in [2.45, 2.75) is 13.8 Å². The molecule has 0 saturated heterocycles. The number of ketones is 1. The molecule has 0 spiro atoms. The molecule has 0 aliphatic rings. The van der Waals surface area contributed by atoms with E-state index >= 15 is 0 Å². The Morgan fingerprint density at radius 1 is 1.37 bits per heavy atom. The van der Waals surface area contributed by atoms with E-state index < -0.39 is 4.92 Å². The molecular formula is C13H11ClN2O3. The molecule has 0 fully saturated rings. The molecular weight excluding hydrogens is 268 g/mol. The Morgan fingerprint density at radius 3 is 2.53 bits per heavy atom. The highest BCUT2D eigenvalue weighted by Crippen LogP contribution is 2.37. The first-order valence-electron chi connectivity index (χ1n) is 5.56. The van der Waals surface area contributed by atoms with E-state index in [-0.39, 0.29) is 16.5 Å². The number of nitro benzene ring substituents is 1. The molecule has 6 heteroatoms. The van der Waals surface area contributed by atoms with Gasteiger partial charge in [-0.15, -0.1) is 0 Å². The third kappa shape index (κ3) is 2.24. The average Bonchev–Trinajstić information content (AvgIpc) is 2.64. The maximum atomic E-state index is 11.5. The molecule has 0 aliphatic heterocycles. The smallest absolute Gasteiger partial charge is 0.278 e. The highest BCUT2D eigenvalue weighted by atomic mass is 35.5. The number of carbonyl (C=O) groups is 1. The zero-order valence-electron chi connectivity index (χ0n) is 10.4. The fraction of sp³-hybridized carbons (Fsp3) is 0.154. The predicted octanol–water partition coefficient (Wildman–Crippen LogP) is 3.75. The van der Waals surface area contributed by atoms with Crippen LogP contribution in [0.2, 0.25) is 5.02 Å². The number of nitro groups is 1. The summed E-state index contributed by atoms with van der Waals surface area (Å²) >= 11 is 6.16. The summed E-state index contributed by atoms with van der Waals surface area (Å²) in [6, 6.07) is 6.26. The summed E-state index contributed by atoms with van der Waals surface area (Å²) in [7, 11) is 0. The standard InChI is InChI=1S/C13H11ClN2O3/c1-7-11(8(2)17)12(14)13(15-7)9-5-3-4-6-10(9)16(18)19/h3-6,15H,1-2H3. The van der Waals surface area contributed by atoms with Crippen LogP contribution in [0, 0.1) is 17.0 Å². The lowest BCUT2D eigenvalue weighted by Crippen LogP contribution is -1.93. The summed E-state index contributed by atoms with van der Waals surface area (Å²) in [6.45, 7) is 3.12. The summed E-state index contributed by atoms with van der Waals surface area (Å²) < 4.78 is 0. The minimum atomic E-state index is -0.477. The van der Waals surface area contributed by atoms with Crippen LogP contribution >= 0.6 is 11.6 Å². The summed E-state index contributed by atoms with van der Waals surface area (Å²) in [4.78, 5) is 25.0. The quantitative estimate of drug-likeness (QED) is 0.528. The summed E-state index contributed by atoms with van der Waals surface area (Å²) in [6.07, 6.45) is 0. The topological polar surface area (TPSA) is 76.0 Å². The van der Waals surface area contributed by atoms with E-state index in [0.29, 0.717) is 22.5 Å². The van der Waals surface area contributed by atoms with Gasteiger partial charge in [0.15, 0.2) is 5.78 Å². The Labute approximate surface area is 114 Å². The first-order valence-corrected chi connectivity index (χ1v) is 5.94. The third-order valence-electron chi connectivity index (χ3n) is 2.85.